The third-order valence-corrected chi connectivity index (χ3v) is 3.00. The molecule has 0 atom stereocenters. The first kappa shape index (κ1) is 13.9. The maximum atomic E-state index is 12.1. The molecule has 2 aromatic rings. The zero-order valence-corrected chi connectivity index (χ0v) is 11.6. The molecule has 1 N–H and O–H groups in total. The van der Waals surface area contributed by atoms with E-state index in [-0.39, 0.29) is 6.03 Å². The Labute approximate surface area is 122 Å². The van der Waals surface area contributed by atoms with Gasteiger partial charge in [0.2, 0.25) is 0 Å². The van der Waals surface area contributed by atoms with Crippen molar-refractivity contribution in [2.24, 2.45) is 0 Å². The lowest BCUT2D eigenvalue weighted by Gasteiger charge is -2.18. The average Bonchev–Trinajstić information content (AvgIpc) is 2.46. The lowest BCUT2D eigenvalue weighted by Crippen LogP contribution is -2.31. The van der Waals surface area contributed by atoms with E-state index in [1.165, 1.54) is 4.90 Å². The monoisotopic (exact) mass is 285 g/mol. The lowest BCUT2D eigenvalue weighted by atomic mass is 10.2. The number of rotatable bonds is 2. The number of hydrogen-bond donors (Lipinski definition) is 1. The van der Waals surface area contributed by atoms with Crippen LogP contribution in [0.2, 0.25) is 5.02 Å². The third kappa shape index (κ3) is 3.28. The van der Waals surface area contributed by atoms with Crippen LogP contribution in [-0.4, -0.2) is 13.1 Å². The summed E-state index contributed by atoms with van der Waals surface area (Å²) in [6.45, 7) is 0. The van der Waals surface area contributed by atoms with Gasteiger partial charge in [0, 0.05) is 23.4 Å². The molecule has 2 aromatic carbocycles. The Morgan fingerprint density at radius 2 is 1.95 bits per heavy atom. The van der Waals surface area contributed by atoms with Crippen LogP contribution in [-0.2, 0) is 0 Å². The highest BCUT2D eigenvalue weighted by atomic mass is 35.5. The van der Waals surface area contributed by atoms with Crippen LogP contribution in [0.4, 0.5) is 16.2 Å². The number of anilines is 2. The van der Waals surface area contributed by atoms with Crippen molar-refractivity contribution in [2.45, 2.75) is 0 Å². The number of carbonyl (C=O) groups excluding carboxylic acids is 1. The molecule has 20 heavy (non-hydrogen) atoms. The normalized spacial score (nSPS) is 9.65. The standard InChI is InChI=1S/C15H12ClN3O/c1-19(14-7-5-11(10-17)6-8-14)15(20)18-13-4-2-3-12(16)9-13/h2-9H,1H3,(H,18,20). The number of benzene rings is 2. The second kappa shape index (κ2) is 6.09. The van der Waals surface area contributed by atoms with Crippen LogP contribution >= 0.6 is 11.6 Å². The Kier molecular flexibility index (Phi) is 4.24. The fourth-order valence-corrected chi connectivity index (χ4v) is 1.84. The van der Waals surface area contributed by atoms with Crippen molar-refractivity contribution < 1.29 is 4.79 Å². The van der Waals surface area contributed by atoms with E-state index in [0.717, 1.165) is 0 Å². The van der Waals surface area contributed by atoms with Gasteiger partial charge >= 0.3 is 6.03 Å². The Morgan fingerprint density at radius 1 is 1.25 bits per heavy atom. The minimum Gasteiger partial charge on any atom is -0.307 e. The third-order valence-electron chi connectivity index (χ3n) is 2.76. The van der Waals surface area contributed by atoms with Gasteiger partial charge in [-0.2, -0.15) is 5.26 Å². The van der Waals surface area contributed by atoms with Crippen molar-refractivity contribution in [3.05, 3.63) is 59.1 Å². The van der Waals surface area contributed by atoms with Crippen LogP contribution in [0.5, 0.6) is 0 Å². The van der Waals surface area contributed by atoms with Gasteiger partial charge in [0.25, 0.3) is 0 Å². The van der Waals surface area contributed by atoms with Crippen molar-refractivity contribution in [3.8, 4) is 6.07 Å². The van der Waals surface area contributed by atoms with E-state index in [0.29, 0.717) is 22.0 Å². The van der Waals surface area contributed by atoms with Gasteiger partial charge in [0.1, 0.15) is 0 Å². The largest absolute Gasteiger partial charge is 0.326 e. The first-order valence-electron chi connectivity index (χ1n) is 5.90. The van der Waals surface area contributed by atoms with Crippen molar-refractivity contribution in [1.82, 2.24) is 0 Å². The van der Waals surface area contributed by atoms with Gasteiger partial charge in [-0.1, -0.05) is 17.7 Å². The summed E-state index contributed by atoms with van der Waals surface area (Å²) in [4.78, 5) is 13.5. The van der Waals surface area contributed by atoms with Gasteiger partial charge in [-0.3, -0.25) is 4.90 Å². The highest BCUT2D eigenvalue weighted by Gasteiger charge is 2.11. The fourth-order valence-electron chi connectivity index (χ4n) is 1.65. The Bertz CT molecular complexity index is 662. The molecule has 100 valence electrons. The van der Waals surface area contributed by atoms with E-state index in [1.807, 2.05) is 6.07 Å². The molecule has 0 saturated heterocycles. The zero-order valence-electron chi connectivity index (χ0n) is 10.8. The molecule has 2 amide bonds. The molecule has 4 nitrogen and oxygen atoms in total. The minimum atomic E-state index is -0.281. The lowest BCUT2D eigenvalue weighted by molar-refractivity contribution is 0.258. The molecule has 0 fully saturated rings. The number of nitrogens with one attached hydrogen (secondary N) is 1. The number of nitriles is 1. The summed E-state index contributed by atoms with van der Waals surface area (Å²) in [5.41, 5.74) is 1.88. The summed E-state index contributed by atoms with van der Waals surface area (Å²) in [5, 5.41) is 12.0. The second-order valence-corrected chi connectivity index (χ2v) is 4.59. The molecule has 0 spiro atoms. The maximum absolute atomic E-state index is 12.1. The Hall–Kier alpha value is -2.51. The van der Waals surface area contributed by atoms with E-state index in [4.69, 9.17) is 16.9 Å². The first-order chi connectivity index (χ1) is 9.60. The minimum absolute atomic E-state index is 0.281. The van der Waals surface area contributed by atoms with Crippen LogP contribution in [0.3, 0.4) is 0 Å². The van der Waals surface area contributed by atoms with Crippen LogP contribution in [0, 0.1) is 11.3 Å². The molecule has 0 bridgehead atoms. The van der Waals surface area contributed by atoms with E-state index < -0.39 is 0 Å². The van der Waals surface area contributed by atoms with Crippen molar-refractivity contribution in [2.75, 3.05) is 17.3 Å². The molecule has 2 rings (SSSR count). The topological polar surface area (TPSA) is 56.1 Å². The van der Waals surface area contributed by atoms with Gasteiger partial charge in [0.05, 0.1) is 11.6 Å². The number of amides is 2. The Morgan fingerprint density at radius 3 is 2.55 bits per heavy atom. The molecule has 0 aliphatic rings. The first-order valence-corrected chi connectivity index (χ1v) is 6.28. The summed E-state index contributed by atoms with van der Waals surface area (Å²) in [6.07, 6.45) is 0. The van der Waals surface area contributed by atoms with Gasteiger partial charge < -0.3 is 5.32 Å². The summed E-state index contributed by atoms with van der Waals surface area (Å²) < 4.78 is 0. The number of nitrogens with zero attached hydrogens (tertiary/aromatic N) is 2. The quantitative estimate of drug-likeness (QED) is 0.910. The molecule has 0 aliphatic heterocycles. The second-order valence-electron chi connectivity index (χ2n) is 4.16. The predicted octanol–water partition coefficient (Wildman–Crippen LogP) is 3.88. The van der Waals surface area contributed by atoms with Gasteiger partial charge in [0.15, 0.2) is 0 Å². The molecular formula is C15H12ClN3O. The highest BCUT2D eigenvalue weighted by Crippen LogP contribution is 2.18. The molecule has 0 saturated carbocycles. The van der Waals surface area contributed by atoms with Crippen LogP contribution in [0.1, 0.15) is 5.56 Å². The molecule has 0 aliphatic carbocycles. The maximum Gasteiger partial charge on any atom is 0.326 e. The van der Waals surface area contributed by atoms with Crippen molar-refractivity contribution in [3.63, 3.8) is 0 Å². The molecular weight excluding hydrogens is 274 g/mol. The molecule has 5 heteroatoms. The van der Waals surface area contributed by atoms with Crippen LogP contribution < -0.4 is 10.2 Å². The summed E-state index contributed by atoms with van der Waals surface area (Å²) in [5.74, 6) is 0. The summed E-state index contributed by atoms with van der Waals surface area (Å²) >= 11 is 5.86. The number of halogens is 1. The summed E-state index contributed by atoms with van der Waals surface area (Å²) in [6, 6.07) is 15.5. The van der Waals surface area contributed by atoms with Crippen LogP contribution in [0.25, 0.3) is 0 Å². The predicted molar refractivity (Wildman–Crippen MR) is 80.0 cm³/mol. The fraction of sp³-hybridized carbons (Fsp3) is 0.0667. The number of urea groups is 1. The molecule has 0 unspecified atom stereocenters. The molecule has 0 heterocycles. The Balaban J connectivity index is 2.10. The highest BCUT2D eigenvalue weighted by molar-refractivity contribution is 6.30. The van der Waals surface area contributed by atoms with Gasteiger partial charge in [-0.15, -0.1) is 0 Å². The number of carbonyl (C=O) groups is 1. The molecule has 0 aromatic heterocycles. The average molecular weight is 286 g/mol. The smallest absolute Gasteiger partial charge is 0.307 e. The van der Waals surface area contributed by atoms with Crippen LogP contribution in [0.15, 0.2) is 48.5 Å². The van der Waals surface area contributed by atoms with E-state index in [2.05, 4.69) is 5.32 Å². The SMILES string of the molecule is CN(C(=O)Nc1cccc(Cl)c1)c1ccc(C#N)cc1. The van der Waals surface area contributed by atoms with Gasteiger partial charge in [-0.25, -0.2) is 4.79 Å². The zero-order chi connectivity index (χ0) is 14.5. The van der Waals surface area contributed by atoms with Gasteiger partial charge in [-0.05, 0) is 42.5 Å². The van der Waals surface area contributed by atoms with E-state index >= 15 is 0 Å². The molecule has 0 radical (unpaired) electrons. The van der Waals surface area contributed by atoms with E-state index in [9.17, 15) is 4.79 Å². The van der Waals surface area contributed by atoms with Crippen molar-refractivity contribution >= 4 is 29.0 Å². The number of hydrogen-bond acceptors (Lipinski definition) is 2. The summed E-state index contributed by atoms with van der Waals surface area (Å²) in [7, 11) is 1.65. The van der Waals surface area contributed by atoms with Crippen molar-refractivity contribution in [1.29, 1.82) is 5.26 Å². The van der Waals surface area contributed by atoms with E-state index in [1.54, 1.807) is 55.6 Å².